The monoisotopic (exact) mass is 910 g/mol. The van der Waals surface area contributed by atoms with E-state index in [4.69, 9.17) is 20.0 Å². The summed E-state index contributed by atoms with van der Waals surface area (Å²) in [7, 11) is 0. The Kier molecular flexibility index (Phi) is 13.6. The summed E-state index contributed by atoms with van der Waals surface area (Å²) in [5, 5.41) is 4.64. The second-order valence-electron chi connectivity index (χ2n) is 17.6. The maximum Gasteiger partial charge on any atom is 0.154 e. The van der Waals surface area contributed by atoms with Crippen LogP contribution in [0.15, 0.2) is 223 Å². The van der Waals surface area contributed by atoms with Crippen LogP contribution in [0.2, 0.25) is 0 Å². The Labute approximate surface area is 412 Å². The largest absolute Gasteiger partial charge is 0.310 e. The first-order valence-corrected chi connectivity index (χ1v) is 23.9. The van der Waals surface area contributed by atoms with E-state index >= 15 is 0 Å². The lowest BCUT2D eigenvalue weighted by Crippen LogP contribution is -2.34. The number of allylic oxidation sites excluding steroid dienone is 16. The highest BCUT2D eigenvalue weighted by Crippen LogP contribution is 2.61. The molecule has 344 valence electrons. The molecule has 0 radical (unpaired) electrons. The molecule has 0 fully saturated rings. The zero-order valence-corrected chi connectivity index (χ0v) is 40.6. The molecule has 3 aromatic heterocycles. The average Bonchev–Trinajstić information content (AvgIpc) is 3.89. The lowest BCUT2D eigenvalue weighted by atomic mass is 9.60. The van der Waals surface area contributed by atoms with Crippen LogP contribution in [-0.4, -0.2) is 38.6 Å². The summed E-state index contributed by atoms with van der Waals surface area (Å²) in [4.78, 5) is 20.3. The molecule has 9 rings (SSSR count). The zero-order chi connectivity index (χ0) is 48.8. The maximum atomic E-state index is 5.32. The number of fused-ring (bicyclic) bond motifs is 13. The summed E-state index contributed by atoms with van der Waals surface area (Å²) in [6.07, 6.45) is 39.5. The van der Waals surface area contributed by atoms with Gasteiger partial charge in [0.05, 0.1) is 34.7 Å². The van der Waals surface area contributed by atoms with Crippen LogP contribution in [0.5, 0.6) is 0 Å². The van der Waals surface area contributed by atoms with Gasteiger partial charge in [-0.05, 0) is 73.4 Å². The fraction of sp³-hybridized carbons (Fsp3) is 0.125. The molecule has 2 aliphatic rings. The lowest BCUT2D eigenvalue weighted by molar-refractivity contribution is 0.509. The second kappa shape index (κ2) is 20.4. The number of benzene rings is 4. The van der Waals surface area contributed by atoms with Crippen molar-refractivity contribution in [3.05, 3.63) is 241 Å². The topological polar surface area (TPSA) is 60.4 Å². The van der Waals surface area contributed by atoms with Crippen LogP contribution in [0.3, 0.4) is 0 Å². The molecule has 0 saturated heterocycles. The predicted molar refractivity (Wildman–Crippen MR) is 302 cm³/mol. The molecule has 0 bridgehead atoms. The van der Waals surface area contributed by atoms with Gasteiger partial charge in [0.1, 0.15) is 5.82 Å². The van der Waals surface area contributed by atoms with Crippen molar-refractivity contribution in [2.75, 3.05) is 6.54 Å². The second-order valence-corrected chi connectivity index (χ2v) is 17.6. The van der Waals surface area contributed by atoms with Crippen LogP contribution >= 0.6 is 0 Å². The molecule has 0 saturated carbocycles. The minimum Gasteiger partial charge on any atom is -0.310 e. The van der Waals surface area contributed by atoms with Gasteiger partial charge < -0.3 is 4.57 Å². The summed E-state index contributed by atoms with van der Waals surface area (Å²) in [6.45, 7) is 25.4. The minimum absolute atomic E-state index is 0.0806. The number of aliphatic imine (C=N–C) groups is 2. The Bertz CT molecular complexity index is 3550. The average molecular weight is 911 g/mol. The van der Waals surface area contributed by atoms with Crippen LogP contribution in [0.4, 0.5) is 0 Å². The fourth-order valence-electron chi connectivity index (χ4n) is 10.4. The highest BCUT2D eigenvalue weighted by molar-refractivity contribution is 6.26. The van der Waals surface area contributed by atoms with E-state index in [1.54, 1.807) is 12.2 Å². The normalized spacial score (nSPS) is 17.3. The van der Waals surface area contributed by atoms with E-state index < -0.39 is 5.41 Å². The summed E-state index contributed by atoms with van der Waals surface area (Å²) in [6, 6.07) is 30.1. The van der Waals surface area contributed by atoms with Gasteiger partial charge in [0.25, 0.3) is 0 Å². The van der Waals surface area contributed by atoms with Gasteiger partial charge in [-0.1, -0.05) is 197 Å². The molecule has 0 amide bonds. The standard InChI is InChI=1S/C64H58N6/c1-9-14-18-22-36-51(65-8)55(43-66-42-45(13-5)29-15-10-2)69-53(37-16-11-3)44(6)58-60-59-49-34-25-26-38-54(49)70(57-41-52(46-30-20-19-21-31-46)67-56(68-57)39-17-12-4)62(59)48-33-24-23-32-47(48)61(60)64(7)40-28-27-35-50(64)63(58)69/h9-35,37-41,43,50H,2-4,8,36,42H2,1,5-7H3/b14-9-,22-18-,29-15-,37-16-,39-17+,45-13+,55-51+,66-43?/t50?,64-/m1/s1. The molecule has 0 N–H and O–H groups in total. The molecule has 70 heavy (non-hydrogen) atoms. The molecule has 1 unspecified atom stereocenters. The molecule has 2 atom stereocenters. The predicted octanol–water partition coefficient (Wildman–Crippen LogP) is 16.2. The summed E-state index contributed by atoms with van der Waals surface area (Å²) in [5.41, 5.74) is 13.2. The number of rotatable bonds is 16. The molecule has 6 nitrogen and oxygen atoms in total. The van der Waals surface area contributed by atoms with Gasteiger partial charge in [0.2, 0.25) is 0 Å². The highest BCUT2D eigenvalue weighted by Gasteiger charge is 2.47. The Hall–Kier alpha value is -8.48. The lowest BCUT2D eigenvalue weighted by Gasteiger charge is -2.43. The van der Waals surface area contributed by atoms with Crippen LogP contribution < -0.4 is 0 Å². The minimum atomic E-state index is -0.489. The summed E-state index contributed by atoms with van der Waals surface area (Å²) < 4.78 is 4.78. The number of hydrogen-bond donors (Lipinski definition) is 0. The van der Waals surface area contributed by atoms with E-state index in [0.717, 1.165) is 78.2 Å². The number of hydrogen-bond acceptors (Lipinski definition) is 4. The van der Waals surface area contributed by atoms with E-state index in [0.29, 0.717) is 18.8 Å². The van der Waals surface area contributed by atoms with Crippen LogP contribution in [-0.2, 0) is 5.41 Å². The van der Waals surface area contributed by atoms with E-state index in [9.17, 15) is 0 Å². The Morgan fingerprint density at radius 3 is 2.27 bits per heavy atom. The van der Waals surface area contributed by atoms with Gasteiger partial charge in [-0.2, -0.15) is 0 Å². The molecular weight excluding hydrogens is 853 g/mol. The molecule has 4 aromatic carbocycles. The third kappa shape index (κ3) is 8.21. The van der Waals surface area contributed by atoms with E-state index in [-0.39, 0.29) is 5.92 Å². The smallest absolute Gasteiger partial charge is 0.154 e. The van der Waals surface area contributed by atoms with Crippen molar-refractivity contribution >= 4 is 63.4 Å². The molecule has 6 heteroatoms. The third-order valence-corrected chi connectivity index (χ3v) is 13.5. The molecule has 3 heterocycles. The van der Waals surface area contributed by atoms with Crippen molar-refractivity contribution in [1.82, 2.24) is 19.1 Å². The Morgan fingerprint density at radius 1 is 0.800 bits per heavy atom. The van der Waals surface area contributed by atoms with Crippen molar-refractivity contribution < 1.29 is 0 Å². The molecule has 7 aromatic rings. The first-order valence-electron chi connectivity index (χ1n) is 23.9. The van der Waals surface area contributed by atoms with E-state index in [1.165, 1.54) is 22.1 Å². The SMILES string of the molecule is C=C/C=C\C(=C/C)CN=C/C(=C(/C/C=C\C=C/C)N=C)n1c(/C=C\C=C)c(C)c2c1C1C=CC=C[C@@]1(C)c1c-2c2c3ccccc3n(-c3cc(-c4ccccc4)nc(/C=C/C=C)n3)c2c2ccccc12. The van der Waals surface area contributed by atoms with Gasteiger partial charge in [-0.3, -0.25) is 14.6 Å². The van der Waals surface area contributed by atoms with Crippen molar-refractivity contribution in [3.8, 4) is 28.2 Å². The molecular formula is C64H58N6. The molecule has 0 aliphatic heterocycles. The highest BCUT2D eigenvalue weighted by atomic mass is 15.1. The summed E-state index contributed by atoms with van der Waals surface area (Å²) >= 11 is 0. The maximum absolute atomic E-state index is 5.32. The van der Waals surface area contributed by atoms with Gasteiger partial charge in [0.15, 0.2) is 5.82 Å². The Morgan fingerprint density at radius 2 is 1.53 bits per heavy atom. The van der Waals surface area contributed by atoms with Crippen molar-refractivity contribution in [1.29, 1.82) is 0 Å². The van der Waals surface area contributed by atoms with Crippen molar-refractivity contribution in [3.63, 3.8) is 0 Å². The van der Waals surface area contributed by atoms with Crippen LogP contribution in [0.25, 0.3) is 78.6 Å². The quantitative estimate of drug-likeness (QED) is 0.0716. The zero-order valence-electron chi connectivity index (χ0n) is 40.6. The van der Waals surface area contributed by atoms with Crippen molar-refractivity contribution in [2.45, 2.75) is 45.4 Å². The summed E-state index contributed by atoms with van der Waals surface area (Å²) in [5.74, 6) is 1.29. The van der Waals surface area contributed by atoms with E-state index in [1.807, 2.05) is 80.8 Å². The molecule has 0 spiro atoms. The Balaban J connectivity index is 1.47. The van der Waals surface area contributed by atoms with Crippen LogP contribution in [0, 0.1) is 6.92 Å². The number of aromatic nitrogens is 4. The first kappa shape index (κ1) is 46.6. The third-order valence-electron chi connectivity index (χ3n) is 13.5. The van der Waals surface area contributed by atoms with Crippen molar-refractivity contribution in [2.24, 2.45) is 9.98 Å². The first-order chi connectivity index (χ1) is 34.3. The fourth-order valence-corrected chi connectivity index (χ4v) is 10.4. The van der Waals surface area contributed by atoms with Gasteiger partial charge >= 0.3 is 0 Å². The van der Waals surface area contributed by atoms with E-state index in [2.05, 4.69) is 171 Å². The number of para-hydroxylation sites is 1. The van der Waals surface area contributed by atoms with Gasteiger partial charge in [-0.25, -0.2) is 9.97 Å². The van der Waals surface area contributed by atoms with Gasteiger partial charge in [0, 0.05) is 68.7 Å². The number of nitrogens with zero attached hydrogens (tertiary/aromatic N) is 6. The van der Waals surface area contributed by atoms with Gasteiger partial charge in [-0.15, -0.1) is 0 Å². The molecule has 2 aliphatic carbocycles. The van der Waals surface area contributed by atoms with Crippen LogP contribution in [0.1, 0.15) is 61.4 Å².